The molecular formula is C9H6INOS. The summed E-state index contributed by atoms with van der Waals surface area (Å²) in [5, 5.41) is 3.11. The quantitative estimate of drug-likeness (QED) is 0.500. The number of nitrogen functional groups attached to an aromatic ring is 1. The molecule has 2 aromatic rings. The molecule has 0 spiro atoms. The Morgan fingerprint density at radius 3 is 3.00 bits per heavy atom. The Labute approximate surface area is 92.9 Å². The fourth-order valence-electron chi connectivity index (χ4n) is 1.23. The van der Waals surface area contributed by atoms with E-state index < -0.39 is 0 Å². The lowest BCUT2D eigenvalue weighted by atomic mass is 10.1. The Morgan fingerprint density at radius 1 is 1.54 bits per heavy atom. The number of carbonyl (C=O) groups excluding carboxylic acids is 1. The molecule has 0 saturated heterocycles. The highest BCUT2D eigenvalue weighted by atomic mass is 127. The number of anilines is 1. The topological polar surface area (TPSA) is 43.1 Å². The second kappa shape index (κ2) is 3.26. The molecule has 1 aromatic carbocycles. The van der Waals surface area contributed by atoms with E-state index >= 15 is 0 Å². The van der Waals surface area contributed by atoms with Crippen LogP contribution < -0.4 is 5.73 Å². The van der Waals surface area contributed by atoms with Crippen molar-refractivity contribution in [3.8, 4) is 0 Å². The maximum absolute atomic E-state index is 10.7. The Bertz CT molecular complexity index is 478. The van der Waals surface area contributed by atoms with E-state index in [-0.39, 0.29) is 0 Å². The molecule has 0 aliphatic heterocycles. The van der Waals surface area contributed by atoms with E-state index in [4.69, 9.17) is 5.73 Å². The predicted octanol–water partition coefficient (Wildman–Crippen LogP) is 2.90. The maximum Gasteiger partial charge on any atom is 0.153 e. The first kappa shape index (κ1) is 8.96. The lowest BCUT2D eigenvalue weighted by molar-refractivity contribution is 0.112. The van der Waals surface area contributed by atoms with Crippen LogP contribution in [0, 0.1) is 3.57 Å². The van der Waals surface area contributed by atoms with Crippen molar-refractivity contribution in [2.45, 2.75) is 0 Å². The van der Waals surface area contributed by atoms with Crippen LogP contribution in [-0.4, -0.2) is 6.29 Å². The summed E-state index contributed by atoms with van der Waals surface area (Å²) in [5.41, 5.74) is 6.89. The number of halogens is 1. The van der Waals surface area contributed by atoms with E-state index in [1.807, 2.05) is 17.5 Å². The van der Waals surface area contributed by atoms with E-state index in [0.29, 0.717) is 11.3 Å². The summed E-state index contributed by atoms with van der Waals surface area (Å²) in [5.74, 6) is 0. The first-order chi connectivity index (χ1) is 6.24. The summed E-state index contributed by atoms with van der Waals surface area (Å²) < 4.78 is 2.09. The Kier molecular flexibility index (Phi) is 2.25. The van der Waals surface area contributed by atoms with Crippen LogP contribution >= 0.6 is 33.9 Å². The average Bonchev–Trinajstić information content (AvgIpc) is 2.53. The third-order valence-electron chi connectivity index (χ3n) is 1.87. The summed E-state index contributed by atoms with van der Waals surface area (Å²) >= 11 is 3.79. The van der Waals surface area contributed by atoms with Crippen LogP contribution in [0.4, 0.5) is 5.69 Å². The van der Waals surface area contributed by atoms with Crippen molar-refractivity contribution in [3.63, 3.8) is 0 Å². The molecule has 2 N–H and O–H groups in total. The maximum atomic E-state index is 10.7. The van der Waals surface area contributed by atoms with Gasteiger partial charge in [-0.25, -0.2) is 0 Å². The minimum absolute atomic E-state index is 0.560. The van der Waals surface area contributed by atoms with E-state index in [2.05, 4.69) is 22.6 Å². The van der Waals surface area contributed by atoms with Gasteiger partial charge in [-0.1, -0.05) is 0 Å². The standard InChI is InChI=1S/C9H6INOS/c10-8-6(4-12)7(11)3-5-1-2-13-9(5)8/h1-4H,11H2. The van der Waals surface area contributed by atoms with Crippen LogP contribution in [0.2, 0.25) is 0 Å². The molecule has 13 heavy (non-hydrogen) atoms. The van der Waals surface area contributed by atoms with Gasteiger partial charge in [-0.15, -0.1) is 11.3 Å². The van der Waals surface area contributed by atoms with Gasteiger partial charge in [0.05, 0.1) is 5.56 Å². The second-order valence-corrected chi connectivity index (χ2v) is 4.65. The number of benzene rings is 1. The zero-order valence-electron chi connectivity index (χ0n) is 6.58. The number of hydrogen-bond donors (Lipinski definition) is 1. The summed E-state index contributed by atoms with van der Waals surface area (Å²) in [4.78, 5) is 10.7. The average molecular weight is 303 g/mol. The molecule has 0 radical (unpaired) electrons. The normalized spacial score (nSPS) is 10.5. The number of nitrogens with two attached hydrogens (primary N) is 1. The predicted molar refractivity (Wildman–Crippen MR) is 64.3 cm³/mol. The van der Waals surface area contributed by atoms with Crippen molar-refractivity contribution < 1.29 is 4.79 Å². The van der Waals surface area contributed by atoms with Gasteiger partial charge >= 0.3 is 0 Å². The molecule has 4 heteroatoms. The van der Waals surface area contributed by atoms with Gasteiger partial charge < -0.3 is 5.73 Å². The molecule has 1 aromatic heterocycles. The molecule has 1 heterocycles. The summed E-state index contributed by atoms with van der Waals surface area (Å²) in [6.45, 7) is 0. The van der Waals surface area contributed by atoms with Crippen molar-refractivity contribution in [3.05, 3.63) is 26.6 Å². The molecule has 0 unspecified atom stereocenters. The van der Waals surface area contributed by atoms with Gasteiger partial charge in [0.2, 0.25) is 0 Å². The van der Waals surface area contributed by atoms with Crippen molar-refractivity contribution in [1.29, 1.82) is 0 Å². The summed E-state index contributed by atoms with van der Waals surface area (Å²) in [6, 6.07) is 3.85. The van der Waals surface area contributed by atoms with Crippen LogP contribution in [0.5, 0.6) is 0 Å². The number of aldehydes is 1. The molecule has 0 amide bonds. The van der Waals surface area contributed by atoms with E-state index in [1.54, 1.807) is 11.3 Å². The van der Waals surface area contributed by atoms with Gasteiger partial charge in [0.15, 0.2) is 6.29 Å². The van der Waals surface area contributed by atoms with Crippen molar-refractivity contribution in [1.82, 2.24) is 0 Å². The van der Waals surface area contributed by atoms with Gasteiger partial charge in [0, 0.05) is 14.0 Å². The number of fused-ring (bicyclic) bond motifs is 1. The molecule has 0 aliphatic rings. The Morgan fingerprint density at radius 2 is 2.31 bits per heavy atom. The molecular weight excluding hydrogens is 297 g/mol. The van der Waals surface area contributed by atoms with Crippen LogP contribution in [0.25, 0.3) is 10.1 Å². The largest absolute Gasteiger partial charge is 0.398 e. The van der Waals surface area contributed by atoms with Gasteiger partial charge in [0.25, 0.3) is 0 Å². The SMILES string of the molecule is Nc1cc2ccsc2c(I)c1C=O. The zero-order chi connectivity index (χ0) is 9.42. The number of thiophene rings is 1. The lowest BCUT2D eigenvalue weighted by Gasteiger charge is -2.02. The zero-order valence-corrected chi connectivity index (χ0v) is 9.56. The second-order valence-electron chi connectivity index (χ2n) is 2.65. The highest BCUT2D eigenvalue weighted by Crippen LogP contribution is 2.31. The van der Waals surface area contributed by atoms with Crippen LogP contribution in [0.15, 0.2) is 17.5 Å². The fraction of sp³-hybridized carbons (Fsp3) is 0. The molecule has 0 saturated carbocycles. The highest BCUT2D eigenvalue weighted by Gasteiger charge is 2.09. The van der Waals surface area contributed by atoms with Crippen LogP contribution in [0.1, 0.15) is 10.4 Å². The molecule has 2 nitrogen and oxygen atoms in total. The minimum Gasteiger partial charge on any atom is -0.398 e. The third-order valence-corrected chi connectivity index (χ3v) is 4.31. The first-order valence-electron chi connectivity index (χ1n) is 3.64. The van der Waals surface area contributed by atoms with Crippen LogP contribution in [-0.2, 0) is 0 Å². The smallest absolute Gasteiger partial charge is 0.153 e. The van der Waals surface area contributed by atoms with E-state index in [0.717, 1.165) is 19.9 Å². The van der Waals surface area contributed by atoms with E-state index in [9.17, 15) is 4.79 Å². The van der Waals surface area contributed by atoms with Gasteiger partial charge in [-0.3, -0.25) is 4.79 Å². The Hall–Kier alpha value is -0.620. The minimum atomic E-state index is 0.560. The van der Waals surface area contributed by atoms with Gasteiger partial charge in [-0.05, 0) is 45.5 Å². The molecule has 0 atom stereocenters. The molecule has 0 aliphatic carbocycles. The number of hydrogen-bond acceptors (Lipinski definition) is 3. The highest BCUT2D eigenvalue weighted by molar-refractivity contribution is 14.1. The number of rotatable bonds is 1. The van der Waals surface area contributed by atoms with Crippen LogP contribution in [0.3, 0.4) is 0 Å². The third kappa shape index (κ3) is 1.34. The molecule has 0 bridgehead atoms. The molecule has 0 fully saturated rings. The van der Waals surface area contributed by atoms with Crippen molar-refractivity contribution in [2.24, 2.45) is 0 Å². The van der Waals surface area contributed by atoms with Crippen molar-refractivity contribution in [2.75, 3.05) is 5.73 Å². The monoisotopic (exact) mass is 303 g/mol. The van der Waals surface area contributed by atoms with E-state index in [1.165, 1.54) is 0 Å². The fourth-order valence-corrected chi connectivity index (χ4v) is 3.18. The number of carbonyl (C=O) groups is 1. The van der Waals surface area contributed by atoms with Crippen molar-refractivity contribution >= 4 is 56.0 Å². The lowest BCUT2D eigenvalue weighted by Crippen LogP contribution is -1.95. The summed E-state index contributed by atoms with van der Waals surface area (Å²) in [7, 11) is 0. The molecule has 66 valence electrons. The Balaban J connectivity index is 2.92. The van der Waals surface area contributed by atoms with Gasteiger partial charge in [0.1, 0.15) is 0 Å². The van der Waals surface area contributed by atoms with Gasteiger partial charge in [-0.2, -0.15) is 0 Å². The first-order valence-corrected chi connectivity index (χ1v) is 5.60. The summed E-state index contributed by atoms with van der Waals surface area (Å²) in [6.07, 6.45) is 0.816. The molecule has 2 rings (SSSR count).